The summed E-state index contributed by atoms with van der Waals surface area (Å²) in [5, 5.41) is 15.6. The number of nitrogen functional groups attached to an aromatic ring is 1. The molecule has 0 fully saturated rings. The summed E-state index contributed by atoms with van der Waals surface area (Å²) in [5.41, 5.74) is 4.01. The number of nitrogens with two attached hydrogens (primary N) is 1. The molecule has 3 rings (SSSR count). The lowest BCUT2D eigenvalue weighted by atomic mass is 10.2. The first kappa shape index (κ1) is 22.2. The van der Waals surface area contributed by atoms with E-state index in [1.165, 1.54) is 11.8 Å². The summed E-state index contributed by atoms with van der Waals surface area (Å²) in [5.74, 6) is 7.10. The summed E-state index contributed by atoms with van der Waals surface area (Å²) in [6.07, 6.45) is 1.54. The Morgan fingerprint density at radius 3 is 2.74 bits per heavy atom. The average Bonchev–Trinajstić information content (AvgIpc) is 3.13. The highest BCUT2D eigenvalue weighted by atomic mass is 35.5. The Morgan fingerprint density at radius 1 is 1.23 bits per heavy atom. The van der Waals surface area contributed by atoms with Gasteiger partial charge in [0.25, 0.3) is 5.95 Å². The first-order chi connectivity index (χ1) is 15.0. The number of rotatable bonds is 9. The number of carbonyl (C=O) groups is 1. The second kappa shape index (κ2) is 10.5. The molecule has 0 radical (unpaired) electrons. The van der Waals surface area contributed by atoms with Gasteiger partial charge < -0.3 is 20.6 Å². The van der Waals surface area contributed by atoms with Crippen molar-refractivity contribution in [3.63, 3.8) is 0 Å². The molecule has 1 aromatic heterocycles. The van der Waals surface area contributed by atoms with Crippen LogP contribution in [0.25, 0.3) is 0 Å². The maximum Gasteiger partial charge on any atom is 0.264 e. The molecule has 31 heavy (non-hydrogen) atoms. The van der Waals surface area contributed by atoms with Crippen molar-refractivity contribution in [1.29, 1.82) is 0 Å². The van der Waals surface area contributed by atoms with Crippen LogP contribution >= 0.6 is 23.4 Å². The summed E-state index contributed by atoms with van der Waals surface area (Å²) >= 11 is 7.20. The van der Waals surface area contributed by atoms with Gasteiger partial charge in [-0.2, -0.15) is 5.10 Å². The Balaban J connectivity index is 1.55. The van der Waals surface area contributed by atoms with Crippen LogP contribution < -0.4 is 26.1 Å². The van der Waals surface area contributed by atoms with Gasteiger partial charge in [-0.05, 0) is 18.2 Å². The number of halogens is 1. The highest BCUT2D eigenvalue weighted by Crippen LogP contribution is 2.29. The van der Waals surface area contributed by atoms with Crippen LogP contribution in [0.1, 0.15) is 5.56 Å². The van der Waals surface area contributed by atoms with E-state index in [1.807, 2.05) is 18.2 Å². The molecule has 3 aromatic rings. The van der Waals surface area contributed by atoms with Crippen LogP contribution in [0.15, 0.2) is 52.7 Å². The van der Waals surface area contributed by atoms with Crippen LogP contribution in [-0.4, -0.2) is 47.0 Å². The molecular formula is C19H20ClN7O3S. The average molecular weight is 462 g/mol. The molecule has 0 aliphatic heterocycles. The zero-order chi connectivity index (χ0) is 22.2. The van der Waals surface area contributed by atoms with E-state index in [2.05, 4.69) is 26.0 Å². The zero-order valence-electron chi connectivity index (χ0n) is 16.7. The van der Waals surface area contributed by atoms with E-state index in [0.29, 0.717) is 27.4 Å². The molecule has 1 amide bonds. The normalized spacial score (nSPS) is 10.8. The van der Waals surface area contributed by atoms with Gasteiger partial charge in [0, 0.05) is 22.3 Å². The maximum absolute atomic E-state index is 12.3. The van der Waals surface area contributed by atoms with Crippen LogP contribution in [0.4, 0.5) is 11.6 Å². The molecule has 0 saturated heterocycles. The molecular weight excluding hydrogens is 442 g/mol. The van der Waals surface area contributed by atoms with Gasteiger partial charge in [0.1, 0.15) is 0 Å². The first-order valence-corrected chi connectivity index (χ1v) is 10.3. The lowest BCUT2D eigenvalue weighted by Crippen LogP contribution is -2.17. The molecule has 10 nitrogen and oxygen atoms in total. The fraction of sp³-hybridized carbons (Fsp3) is 0.158. The Labute approximate surface area is 187 Å². The topological polar surface area (TPSA) is 129 Å². The highest BCUT2D eigenvalue weighted by Gasteiger charge is 2.13. The van der Waals surface area contributed by atoms with E-state index in [-0.39, 0.29) is 17.6 Å². The lowest BCUT2D eigenvalue weighted by Gasteiger charge is -2.10. The van der Waals surface area contributed by atoms with Crippen LogP contribution in [0.5, 0.6) is 11.5 Å². The van der Waals surface area contributed by atoms with Gasteiger partial charge in [0.05, 0.1) is 26.2 Å². The van der Waals surface area contributed by atoms with Crippen molar-refractivity contribution in [3.05, 3.63) is 53.1 Å². The Kier molecular flexibility index (Phi) is 7.57. The monoisotopic (exact) mass is 461 g/mol. The summed E-state index contributed by atoms with van der Waals surface area (Å²) < 4.78 is 11.6. The van der Waals surface area contributed by atoms with E-state index < -0.39 is 0 Å². The molecule has 1 heterocycles. The summed E-state index contributed by atoms with van der Waals surface area (Å²) in [6.45, 7) is 0. The minimum Gasteiger partial charge on any atom is -0.493 e. The quantitative estimate of drug-likeness (QED) is 0.192. The predicted octanol–water partition coefficient (Wildman–Crippen LogP) is 2.84. The standard InChI is InChI=1S/C19H20ClN7O3S/c1-29-15-8-7-13(9-16(15)30-2)23-17(28)11-31-19-26-25-18(27(19)21)24-22-10-12-5-3-4-6-14(12)20/h3-10H,11,21H2,1-2H3,(H,23,28)(H,24,25)/b22-10+. The fourth-order valence-corrected chi connectivity index (χ4v) is 3.27. The maximum atomic E-state index is 12.3. The lowest BCUT2D eigenvalue weighted by molar-refractivity contribution is -0.113. The molecule has 0 spiro atoms. The molecule has 0 aliphatic carbocycles. The molecule has 4 N–H and O–H groups in total. The zero-order valence-corrected chi connectivity index (χ0v) is 18.3. The third kappa shape index (κ3) is 5.80. The third-order valence-corrected chi connectivity index (χ3v) is 5.22. The molecule has 0 bridgehead atoms. The second-order valence-electron chi connectivity index (χ2n) is 5.97. The van der Waals surface area contributed by atoms with Crippen LogP contribution in [-0.2, 0) is 4.79 Å². The largest absolute Gasteiger partial charge is 0.493 e. The smallest absolute Gasteiger partial charge is 0.264 e. The van der Waals surface area contributed by atoms with Crippen molar-refractivity contribution in [2.45, 2.75) is 5.16 Å². The van der Waals surface area contributed by atoms with Crippen molar-refractivity contribution in [2.24, 2.45) is 5.10 Å². The number of methoxy groups -OCH3 is 2. The second-order valence-corrected chi connectivity index (χ2v) is 7.32. The number of nitrogens with one attached hydrogen (secondary N) is 2. The van der Waals surface area contributed by atoms with E-state index in [1.54, 1.807) is 37.6 Å². The predicted molar refractivity (Wildman–Crippen MR) is 122 cm³/mol. The minimum absolute atomic E-state index is 0.0760. The van der Waals surface area contributed by atoms with Gasteiger partial charge >= 0.3 is 0 Å². The number of thioether (sulfide) groups is 1. The molecule has 162 valence electrons. The van der Waals surface area contributed by atoms with Gasteiger partial charge in [-0.1, -0.05) is 41.6 Å². The van der Waals surface area contributed by atoms with E-state index in [0.717, 1.165) is 17.3 Å². The highest BCUT2D eigenvalue weighted by molar-refractivity contribution is 7.99. The Morgan fingerprint density at radius 2 is 2.00 bits per heavy atom. The van der Waals surface area contributed by atoms with Gasteiger partial charge in [0.15, 0.2) is 11.5 Å². The number of carbonyl (C=O) groups excluding carboxylic acids is 1. The van der Waals surface area contributed by atoms with Crippen molar-refractivity contribution in [1.82, 2.24) is 14.9 Å². The third-order valence-electron chi connectivity index (χ3n) is 3.94. The van der Waals surface area contributed by atoms with Crippen LogP contribution in [0.3, 0.4) is 0 Å². The molecule has 0 aliphatic rings. The number of hydrogen-bond donors (Lipinski definition) is 3. The van der Waals surface area contributed by atoms with E-state index >= 15 is 0 Å². The number of benzene rings is 2. The summed E-state index contributed by atoms with van der Waals surface area (Å²) in [7, 11) is 3.07. The minimum atomic E-state index is -0.244. The van der Waals surface area contributed by atoms with E-state index in [9.17, 15) is 4.79 Å². The molecule has 0 atom stereocenters. The summed E-state index contributed by atoms with van der Waals surface area (Å²) in [4.78, 5) is 12.3. The molecule has 0 unspecified atom stereocenters. The molecule has 0 saturated carbocycles. The summed E-state index contributed by atoms with van der Waals surface area (Å²) in [6, 6.07) is 12.4. The number of ether oxygens (including phenoxy) is 2. The van der Waals surface area contributed by atoms with Gasteiger partial charge in [-0.15, -0.1) is 10.2 Å². The van der Waals surface area contributed by atoms with Crippen molar-refractivity contribution in [2.75, 3.05) is 36.6 Å². The van der Waals surface area contributed by atoms with Crippen molar-refractivity contribution in [3.8, 4) is 11.5 Å². The first-order valence-electron chi connectivity index (χ1n) is 8.90. The number of hydrazone groups is 1. The number of nitrogens with zero attached hydrogens (tertiary/aromatic N) is 4. The molecule has 2 aromatic carbocycles. The van der Waals surface area contributed by atoms with E-state index in [4.69, 9.17) is 26.9 Å². The number of hydrogen-bond acceptors (Lipinski definition) is 9. The van der Waals surface area contributed by atoms with Crippen molar-refractivity contribution >= 4 is 47.1 Å². The molecule has 12 heteroatoms. The fourth-order valence-electron chi connectivity index (χ4n) is 2.43. The number of aromatic nitrogens is 3. The van der Waals surface area contributed by atoms with Gasteiger partial charge in [-0.25, -0.2) is 10.1 Å². The Bertz CT molecular complexity index is 1090. The number of amides is 1. The number of anilines is 2. The Hall–Kier alpha value is -3.44. The van der Waals surface area contributed by atoms with Crippen LogP contribution in [0, 0.1) is 0 Å². The van der Waals surface area contributed by atoms with Gasteiger partial charge in [0.2, 0.25) is 11.1 Å². The SMILES string of the molecule is COc1ccc(NC(=O)CSc2nnc(N/N=C/c3ccccc3Cl)n2N)cc1OC. The van der Waals surface area contributed by atoms with Crippen LogP contribution in [0.2, 0.25) is 5.02 Å². The van der Waals surface area contributed by atoms with Gasteiger partial charge in [-0.3, -0.25) is 4.79 Å². The van der Waals surface area contributed by atoms with Crippen molar-refractivity contribution < 1.29 is 14.3 Å².